The first-order valence-corrected chi connectivity index (χ1v) is 7.83. The summed E-state index contributed by atoms with van der Waals surface area (Å²) >= 11 is 0. The maximum atomic E-state index is 11.9. The molecule has 3 heteroatoms. The lowest BCUT2D eigenvalue weighted by Gasteiger charge is -2.34. The fourth-order valence-electron chi connectivity index (χ4n) is 3.03. The molecule has 0 spiro atoms. The molecule has 3 nitrogen and oxygen atoms in total. The van der Waals surface area contributed by atoms with Crippen molar-refractivity contribution in [3.05, 3.63) is 0 Å². The van der Waals surface area contributed by atoms with Crippen LogP contribution in [0.3, 0.4) is 0 Å². The molecule has 1 aliphatic carbocycles. The van der Waals surface area contributed by atoms with Crippen molar-refractivity contribution in [1.82, 2.24) is 5.32 Å². The van der Waals surface area contributed by atoms with E-state index in [1.54, 1.807) is 0 Å². The average molecular weight is 269 g/mol. The van der Waals surface area contributed by atoms with E-state index >= 15 is 0 Å². The van der Waals surface area contributed by atoms with E-state index in [2.05, 4.69) is 33.0 Å². The second-order valence-corrected chi connectivity index (χ2v) is 6.41. The van der Waals surface area contributed by atoms with E-state index in [1.165, 1.54) is 32.8 Å². The van der Waals surface area contributed by atoms with Gasteiger partial charge in [-0.1, -0.05) is 34.1 Å². The summed E-state index contributed by atoms with van der Waals surface area (Å²) in [6.45, 7) is 8.87. The van der Waals surface area contributed by atoms with Crippen LogP contribution in [0.2, 0.25) is 0 Å². The van der Waals surface area contributed by atoms with Crippen molar-refractivity contribution in [3.8, 4) is 0 Å². The molecule has 1 fully saturated rings. The lowest BCUT2D eigenvalue weighted by Crippen LogP contribution is -2.48. The van der Waals surface area contributed by atoms with Crippen LogP contribution in [-0.4, -0.2) is 25.2 Å². The third kappa shape index (κ3) is 4.79. The van der Waals surface area contributed by atoms with E-state index in [0.717, 1.165) is 18.3 Å². The van der Waals surface area contributed by atoms with Crippen LogP contribution in [0.1, 0.15) is 59.8 Å². The van der Waals surface area contributed by atoms with Crippen LogP contribution in [0, 0.1) is 17.8 Å². The highest BCUT2D eigenvalue weighted by atomic mass is 16.5. The van der Waals surface area contributed by atoms with Crippen molar-refractivity contribution in [3.63, 3.8) is 0 Å². The molecule has 0 aliphatic heterocycles. The molecule has 1 saturated carbocycles. The molecule has 0 saturated heterocycles. The number of ether oxygens (including phenoxy) is 1. The first kappa shape index (κ1) is 16.5. The van der Waals surface area contributed by atoms with Gasteiger partial charge in [-0.05, 0) is 43.4 Å². The minimum absolute atomic E-state index is 0.111. The second-order valence-electron chi connectivity index (χ2n) is 6.41. The van der Waals surface area contributed by atoms with Gasteiger partial charge in [-0.2, -0.15) is 0 Å². The van der Waals surface area contributed by atoms with E-state index in [4.69, 9.17) is 4.74 Å². The normalized spacial score (nSPS) is 27.1. The largest absolute Gasteiger partial charge is 0.468 e. The van der Waals surface area contributed by atoms with Crippen LogP contribution in [-0.2, 0) is 9.53 Å². The summed E-state index contributed by atoms with van der Waals surface area (Å²) in [6, 6.07) is 0.337. The maximum absolute atomic E-state index is 11.9. The summed E-state index contributed by atoms with van der Waals surface area (Å²) in [7, 11) is 1.48. The third-order valence-corrected chi connectivity index (χ3v) is 4.80. The number of esters is 1. The van der Waals surface area contributed by atoms with Crippen LogP contribution in [0.4, 0.5) is 0 Å². The fourth-order valence-corrected chi connectivity index (χ4v) is 3.03. The number of nitrogens with one attached hydrogen (secondary N) is 1. The van der Waals surface area contributed by atoms with Gasteiger partial charge in [0.05, 0.1) is 7.11 Å². The highest BCUT2D eigenvalue weighted by molar-refractivity contribution is 5.76. The SMILES string of the molecule is CCC(C)C(NC1CCC(C(C)C)CC1)C(=O)OC. The Kier molecular flexibility index (Phi) is 6.84. The van der Waals surface area contributed by atoms with E-state index < -0.39 is 0 Å². The van der Waals surface area contributed by atoms with Crippen molar-refractivity contribution < 1.29 is 9.53 Å². The fraction of sp³-hybridized carbons (Fsp3) is 0.938. The molecule has 0 radical (unpaired) electrons. The number of hydrogen-bond acceptors (Lipinski definition) is 3. The Morgan fingerprint density at radius 1 is 1.21 bits per heavy atom. The summed E-state index contributed by atoms with van der Waals surface area (Å²) in [6.07, 6.45) is 5.93. The zero-order valence-corrected chi connectivity index (χ0v) is 13.2. The smallest absolute Gasteiger partial charge is 0.323 e. The lowest BCUT2D eigenvalue weighted by atomic mass is 9.79. The molecule has 1 N–H and O–H groups in total. The Hall–Kier alpha value is -0.570. The highest BCUT2D eigenvalue weighted by Gasteiger charge is 2.30. The first-order chi connectivity index (χ1) is 8.99. The standard InChI is InChI=1S/C16H31NO2/c1-6-12(4)15(16(18)19-5)17-14-9-7-13(8-10-14)11(2)3/h11-15,17H,6-10H2,1-5H3. The molecule has 0 amide bonds. The monoisotopic (exact) mass is 269 g/mol. The predicted molar refractivity (Wildman–Crippen MR) is 79.0 cm³/mol. The number of rotatable bonds is 6. The van der Waals surface area contributed by atoms with Gasteiger partial charge >= 0.3 is 5.97 Å². The molecule has 0 bridgehead atoms. The van der Waals surface area contributed by atoms with E-state index in [-0.39, 0.29) is 12.0 Å². The number of methoxy groups -OCH3 is 1. The van der Waals surface area contributed by atoms with Crippen molar-refractivity contribution in [2.24, 2.45) is 17.8 Å². The molecule has 0 aromatic heterocycles. The van der Waals surface area contributed by atoms with Gasteiger partial charge in [0.15, 0.2) is 0 Å². The minimum atomic E-state index is -0.143. The van der Waals surface area contributed by atoms with Gasteiger partial charge in [-0.25, -0.2) is 0 Å². The lowest BCUT2D eigenvalue weighted by molar-refractivity contribution is -0.144. The van der Waals surface area contributed by atoms with Crippen LogP contribution in [0.25, 0.3) is 0 Å². The van der Waals surface area contributed by atoms with Gasteiger partial charge in [0, 0.05) is 6.04 Å². The summed E-state index contributed by atoms with van der Waals surface area (Å²) in [5.74, 6) is 1.86. The molecular formula is C16H31NO2. The van der Waals surface area contributed by atoms with Gasteiger partial charge < -0.3 is 10.1 Å². The number of hydrogen-bond donors (Lipinski definition) is 1. The van der Waals surface area contributed by atoms with Crippen molar-refractivity contribution in [2.75, 3.05) is 7.11 Å². The van der Waals surface area contributed by atoms with Crippen LogP contribution < -0.4 is 5.32 Å². The van der Waals surface area contributed by atoms with Crippen molar-refractivity contribution in [2.45, 2.75) is 71.9 Å². The molecule has 0 heterocycles. The van der Waals surface area contributed by atoms with Crippen molar-refractivity contribution in [1.29, 1.82) is 0 Å². The molecular weight excluding hydrogens is 238 g/mol. The van der Waals surface area contributed by atoms with Gasteiger partial charge in [0.2, 0.25) is 0 Å². The minimum Gasteiger partial charge on any atom is -0.468 e. The van der Waals surface area contributed by atoms with E-state index in [0.29, 0.717) is 12.0 Å². The first-order valence-electron chi connectivity index (χ1n) is 7.83. The molecule has 1 aliphatic rings. The van der Waals surface area contributed by atoms with Gasteiger partial charge in [0.1, 0.15) is 6.04 Å². The molecule has 19 heavy (non-hydrogen) atoms. The molecule has 1 rings (SSSR count). The van der Waals surface area contributed by atoms with Crippen LogP contribution in [0.15, 0.2) is 0 Å². The number of carbonyl (C=O) groups is 1. The van der Waals surface area contributed by atoms with Crippen molar-refractivity contribution >= 4 is 5.97 Å². The topological polar surface area (TPSA) is 38.3 Å². The Bertz CT molecular complexity index is 270. The van der Waals surface area contributed by atoms with E-state index in [1.807, 2.05) is 0 Å². The number of carbonyl (C=O) groups excluding carboxylic acids is 1. The highest BCUT2D eigenvalue weighted by Crippen LogP contribution is 2.30. The molecule has 2 unspecified atom stereocenters. The molecule has 0 aromatic carbocycles. The van der Waals surface area contributed by atoms with E-state index in [9.17, 15) is 4.79 Å². The summed E-state index contributed by atoms with van der Waals surface area (Å²) < 4.78 is 4.93. The zero-order valence-electron chi connectivity index (χ0n) is 13.2. The summed E-state index contributed by atoms with van der Waals surface area (Å²) in [5, 5.41) is 3.54. The second kappa shape index (κ2) is 7.88. The molecule has 2 atom stereocenters. The van der Waals surface area contributed by atoms with Gasteiger partial charge in [-0.3, -0.25) is 4.79 Å². The Balaban J connectivity index is 2.50. The Morgan fingerprint density at radius 3 is 2.21 bits per heavy atom. The predicted octanol–water partition coefficient (Wildman–Crippen LogP) is 3.38. The average Bonchev–Trinajstić information content (AvgIpc) is 2.43. The molecule has 112 valence electrons. The molecule has 0 aromatic rings. The summed E-state index contributed by atoms with van der Waals surface area (Å²) in [5.41, 5.74) is 0. The van der Waals surface area contributed by atoms with Gasteiger partial charge in [0.25, 0.3) is 0 Å². The quantitative estimate of drug-likeness (QED) is 0.751. The van der Waals surface area contributed by atoms with Gasteiger partial charge in [-0.15, -0.1) is 0 Å². The third-order valence-electron chi connectivity index (χ3n) is 4.80. The maximum Gasteiger partial charge on any atom is 0.323 e. The van der Waals surface area contributed by atoms with Crippen LogP contribution >= 0.6 is 0 Å². The Labute approximate surface area is 118 Å². The zero-order chi connectivity index (χ0) is 14.4. The Morgan fingerprint density at radius 2 is 1.79 bits per heavy atom. The van der Waals surface area contributed by atoms with Crippen LogP contribution in [0.5, 0.6) is 0 Å². The summed E-state index contributed by atoms with van der Waals surface area (Å²) in [4.78, 5) is 11.9.